The number of nitrogens with one attached hydrogen (secondary N) is 1. The number of rotatable bonds is 4. The van der Waals surface area contributed by atoms with Gasteiger partial charge in [-0.15, -0.1) is 5.10 Å². The van der Waals surface area contributed by atoms with Crippen LogP contribution in [0.5, 0.6) is 0 Å². The smallest absolute Gasteiger partial charge is 0.0970 e. The summed E-state index contributed by atoms with van der Waals surface area (Å²) in [6.45, 7) is 9.49. The topological polar surface area (TPSA) is 37.8 Å². The molecule has 1 atom stereocenters. The molecule has 0 saturated carbocycles. The molecule has 1 N–H and O–H groups in total. The van der Waals surface area contributed by atoms with Crippen LogP contribution in [0.1, 0.15) is 40.9 Å². The van der Waals surface area contributed by atoms with E-state index in [0.717, 1.165) is 12.2 Å². The molecule has 0 aliphatic rings. The van der Waals surface area contributed by atoms with Crippen LogP contribution in [0.25, 0.3) is 0 Å². The fourth-order valence-corrected chi connectivity index (χ4v) is 2.65. The molecule has 1 aromatic carbocycles. The van der Waals surface area contributed by atoms with Crippen LogP contribution in [0, 0.1) is 20.8 Å². The van der Waals surface area contributed by atoms with Crippen molar-refractivity contribution in [1.29, 1.82) is 0 Å². The highest BCUT2D eigenvalue weighted by Crippen LogP contribution is 2.26. The Kier molecular flexibility index (Phi) is 4.09. The molecule has 0 spiro atoms. The van der Waals surface area contributed by atoms with Crippen molar-refractivity contribution in [3.05, 3.63) is 45.5 Å². The number of benzene rings is 1. The lowest BCUT2D eigenvalue weighted by molar-refractivity contribution is 0.610. The van der Waals surface area contributed by atoms with Crippen molar-refractivity contribution < 1.29 is 0 Å². The van der Waals surface area contributed by atoms with Gasteiger partial charge in [0.05, 0.1) is 11.7 Å². The summed E-state index contributed by atoms with van der Waals surface area (Å²) in [5.41, 5.74) is 6.27. The van der Waals surface area contributed by atoms with Gasteiger partial charge >= 0.3 is 0 Å². The predicted octanol–water partition coefficient (Wildman–Crippen LogP) is 3.16. The lowest BCUT2D eigenvalue weighted by atomic mass is 9.94. The minimum absolute atomic E-state index is 0.146. The van der Waals surface area contributed by atoms with Crippen LogP contribution in [0.2, 0.25) is 0 Å². The van der Waals surface area contributed by atoms with E-state index in [9.17, 15) is 0 Å². The van der Waals surface area contributed by atoms with Crippen LogP contribution < -0.4 is 5.32 Å². The van der Waals surface area contributed by atoms with Gasteiger partial charge in [0.1, 0.15) is 0 Å². The SMILES string of the molecule is CCNC(c1csnn1)c1cc(C)c(C)cc1C. The van der Waals surface area contributed by atoms with Crippen LogP contribution in [0.4, 0.5) is 0 Å². The molecule has 0 bridgehead atoms. The largest absolute Gasteiger partial charge is 0.305 e. The quantitative estimate of drug-likeness (QED) is 0.918. The number of hydrogen-bond donors (Lipinski definition) is 1. The first-order chi connectivity index (χ1) is 8.63. The molecular weight excluding hydrogens is 242 g/mol. The minimum atomic E-state index is 0.146. The second-order valence-corrected chi connectivity index (χ2v) is 5.22. The molecule has 1 heterocycles. The Morgan fingerprint density at radius 2 is 1.89 bits per heavy atom. The van der Waals surface area contributed by atoms with Gasteiger partial charge in [-0.1, -0.05) is 23.5 Å². The van der Waals surface area contributed by atoms with Gasteiger partial charge < -0.3 is 5.32 Å². The molecule has 0 saturated heterocycles. The van der Waals surface area contributed by atoms with E-state index in [1.54, 1.807) is 0 Å². The average molecular weight is 261 g/mol. The molecule has 0 aliphatic carbocycles. The molecule has 0 radical (unpaired) electrons. The van der Waals surface area contributed by atoms with Crippen molar-refractivity contribution in [2.45, 2.75) is 33.7 Å². The van der Waals surface area contributed by atoms with Gasteiger partial charge in [0, 0.05) is 5.38 Å². The van der Waals surface area contributed by atoms with Gasteiger partial charge in [-0.25, -0.2) is 0 Å². The molecule has 4 heteroatoms. The molecule has 96 valence electrons. The molecule has 1 unspecified atom stereocenters. The van der Waals surface area contributed by atoms with Crippen molar-refractivity contribution in [3.8, 4) is 0 Å². The number of hydrogen-bond acceptors (Lipinski definition) is 4. The van der Waals surface area contributed by atoms with E-state index in [1.807, 2.05) is 5.38 Å². The number of nitrogens with zero attached hydrogens (tertiary/aromatic N) is 2. The second kappa shape index (κ2) is 5.59. The highest BCUT2D eigenvalue weighted by Gasteiger charge is 2.18. The molecule has 0 amide bonds. The summed E-state index contributed by atoms with van der Waals surface area (Å²) in [6, 6.07) is 4.65. The van der Waals surface area contributed by atoms with Gasteiger partial charge in [0.2, 0.25) is 0 Å². The molecule has 2 rings (SSSR count). The molecule has 2 aromatic rings. The van der Waals surface area contributed by atoms with Crippen molar-refractivity contribution in [2.75, 3.05) is 6.54 Å². The fraction of sp³-hybridized carbons (Fsp3) is 0.429. The molecule has 18 heavy (non-hydrogen) atoms. The van der Waals surface area contributed by atoms with Gasteiger partial charge in [-0.3, -0.25) is 0 Å². The minimum Gasteiger partial charge on any atom is -0.305 e. The van der Waals surface area contributed by atoms with Crippen molar-refractivity contribution in [2.24, 2.45) is 0 Å². The second-order valence-electron chi connectivity index (χ2n) is 4.61. The zero-order valence-electron chi connectivity index (χ0n) is 11.3. The maximum absolute atomic E-state index is 4.21. The van der Waals surface area contributed by atoms with E-state index in [0.29, 0.717) is 0 Å². The first kappa shape index (κ1) is 13.2. The number of aryl methyl sites for hydroxylation is 3. The zero-order chi connectivity index (χ0) is 13.1. The third kappa shape index (κ3) is 2.60. The molecular formula is C14H19N3S. The van der Waals surface area contributed by atoms with E-state index in [2.05, 4.69) is 54.7 Å². The Hall–Kier alpha value is -1.26. The zero-order valence-corrected chi connectivity index (χ0v) is 12.1. The highest BCUT2D eigenvalue weighted by atomic mass is 32.1. The Morgan fingerprint density at radius 3 is 2.50 bits per heavy atom. The third-order valence-corrected chi connectivity index (χ3v) is 3.80. The summed E-state index contributed by atoms with van der Waals surface area (Å²) in [4.78, 5) is 0. The van der Waals surface area contributed by atoms with Crippen molar-refractivity contribution in [1.82, 2.24) is 14.9 Å². The van der Waals surface area contributed by atoms with E-state index in [1.165, 1.54) is 33.8 Å². The van der Waals surface area contributed by atoms with Crippen LogP contribution in [0.3, 0.4) is 0 Å². The van der Waals surface area contributed by atoms with E-state index in [4.69, 9.17) is 0 Å². The highest BCUT2D eigenvalue weighted by molar-refractivity contribution is 7.03. The summed E-state index contributed by atoms with van der Waals surface area (Å²) in [5, 5.41) is 9.72. The monoisotopic (exact) mass is 261 g/mol. The Labute approximate surface area is 112 Å². The van der Waals surface area contributed by atoms with Gasteiger partial charge in [0.25, 0.3) is 0 Å². The van der Waals surface area contributed by atoms with E-state index >= 15 is 0 Å². The van der Waals surface area contributed by atoms with Crippen LogP contribution in [-0.4, -0.2) is 16.1 Å². The standard InChI is InChI=1S/C14H19N3S/c1-5-15-14(13-8-18-17-16-13)12-7-10(3)9(2)6-11(12)4/h6-8,14-15H,5H2,1-4H3. The summed E-state index contributed by atoms with van der Waals surface area (Å²) in [5.74, 6) is 0. The van der Waals surface area contributed by atoms with Gasteiger partial charge in [0.15, 0.2) is 0 Å². The molecule has 3 nitrogen and oxygen atoms in total. The van der Waals surface area contributed by atoms with Crippen LogP contribution in [0.15, 0.2) is 17.5 Å². The molecule has 1 aromatic heterocycles. The summed E-state index contributed by atoms with van der Waals surface area (Å²) >= 11 is 1.40. The first-order valence-electron chi connectivity index (χ1n) is 6.21. The van der Waals surface area contributed by atoms with E-state index in [-0.39, 0.29) is 6.04 Å². The molecule has 0 aliphatic heterocycles. The Bertz CT molecular complexity index is 520. The predicted molar refractivity (Wildman–Crippen MR) is 76.1 cm³/mol. The summed E-state index contributed by atoms with van der Waals surface area (Å²) in [7, 11) is 0. The first-order valence-corrected chi connectivity index (χ1v) is 7.05. The van der Waals surface area contributed by atoms with Crippen molar-refractivity contribution in [3.63, 3.8) is 0 Å². The van der Waals surface area contributed by atoms with Gasteiger partial charge in [-0.05, 0) is 61.1 Å². The average Bonchev–Trinajstić information content (AvgIpc) is 2.85. The van der Waals surface area contributed by atoms with Crippen molar-refractivity contribution >= 4 is 11.5 Å². The maximum Gasteiger partial charge on any atom is 0.0970 e. The Balaban J connectivity index is 2.46. The van der Waals surface area contributed by atoms with Gasteiger partial charge in [-0.2, -0.15) is 0 Å². The van der Waals surface area contributed by atoms with Crippen LogP contribution >= 0.6 is 11.5 Å². The Morgan fingerprint density at radius 1 is 1.17 bits per heavy atom. The summed E-state index contributed by atoms with van der Waals surface area (Å²) in [6.07, 6.45) is 0. The number of aromatic nitrogens is 2. The summed E-state index contributed by atoms with van der Waals surface area (Å²) < 4.78 is 3.97. The van der Waals surface area contributed by atoms with E-state index < -0.39 is 0 Å². The lowest BCUT2D eigenvalue weighted by Crippen LogP contribution is -2.23. The van der Waals surface area contributed by atoms with Crippen LogP contribution in [-0.2, 0) is 0 Å². The fourth-order valence-electron chi connectivity index (χ4n) is 2.17. The maximum atomic E-state index is 4.21. The molecule has 0 fully saturated rings. The lowest BCUT2D eigenvalue weighted by Gasteiger charge is -2.19. The third-order valence-electron chi connectivity index (χ3n) is 3.27. The normalized spacial score (nSPS) is 12.7.